The Morgan fingerprint density at radius 3 is 2.18 bits per heavy atom. The van der Waals surface area contributed by atoms with E-state index in [-0.39, 0.29) is 0 Å². The SMILES string of the molecule is COC(=O)OC(F)(F)C(F)F. The smallest absolute Gasteiger partial charge is 0.437 e. The van der Waals surface area contributed by atoms with Gasteiger partial charge in [-0.25, -0.2) is 4.79 Å². The van der Waals surface area contributed by atoms with Crippen molar-refractivity contribution in [1.82, 2.24) is 0 Å². The summed E-state index contributed by atoms with van der Waals surface area (Å²) >= 11 is 0. The summed E-state index contributed by atoms with van der Waals surface area (Å²) < 4.78 is 52.3. The van der Waals surface area contributed by atoms with Gasteiger partial charge in [0.2, 0.25) is 0 Å². The number of methoxy groups -OCH3 is 1. The molecular formula is C4H4F4O3. The normalized spacial score (nSPS) is 11.5. The average molecular weight is 176 g/mol. The third-order valence-electron chi connectivity index (χ3n) is 0.640. The van der Waals surface area contributed by atoms with Crippen molar-refractivity contribution in [3.05, 3.63) is 0 Å². The van der Waals surface area contributed by atoms with Crippen LogP contribution in [0.4, 0.5) is 22.4 Å². The fraction of sp³-hybridized carbons (Fsp3) is 0.750. The van der Waals surface area contributed by atoms with Gasteiger partial charge in [-0.15, -0.1) is 0 Å². The molecule has 0 radical (unpaired) electrons. The highest BCUT2D eigenvalue weighted by Crippen LogP contribution is 2.24. The van der Waals surface area contributed by atoms with E-state index in [1.807, 2.05) is 0 Å². The largest absolute Gasteiger partial charge is 0.512 e. The van der Waals surface area contributed by atoms with Gasteiger partial charge in [-0.05, 0) is 0 Å². The van der Waals surface area contributed by atoms with E-state index in [4.69, 9.17) is 0 Å². The minimum Gasteiger partial charge on any atom is -0.437 e. The average Bonchev–Trinajstić information content (AvgIpc) is 1.86. The van der Waals surface area contributed by atoms with Crippen LogP contribution in [0.15, 0.2) is 0 Å². The number of rotatable bonds is 2. The van der Waals surface area contributed by atoms with Crippen molar-refractivity contribution in [3.63, 3.8) is 0 Å². The van der Waals surface area contributed by atoms with Crippen molar-refractivity contribution in [2.45, 2.75) is 12.5 Å². The summed E-state index contributed by atoms with van der Waals surface area (Å²) in [5.74, 6) is 0. The highest BCUT2D eigenvalue weighted by molar-refractivity contribution is 5.59. The molecule has 0 unspecified atom stereocenters. The quantitative estimate of drug-likeness (QED) is 0.473. The van der Waals surface area contributed by atoms with E-state index in [0.29, 0.717) is 0 Å². The molecular weight excluding hydrogens is 172 g/mol. The molecule has 3 nitrogen and oxygen atoms in total. The maximum atomic E-state index is 11.7. The molecule has 7 heteroatoms. The molecule has 0 heterocycles. The molecule has 0 aromatic rings. The van der Waals surface area contributed by atoms with Crippen LogP contribution in [0.5, 0.6) is 0 Å². The molecule has 0 saturated heterocycles. The standard InChI is InChI=1S/C4H4F4O3/c1-10-3(9)11-4(7,8)2(5)6/h2H,1H3. The summed E-state index contributed by atoms with van der Waals surface area (Å²) in [4.78, 5) is 9.87. The topological polar surface area (TPSA) is 35.5 Å². The minimum atomic E-state index is -4.78. The first-order chi connectivity index (χ1) is 4.90. The lowest BCUT2D eigenvalue weighted by Crippen LogP contribution is -2.32. The molecule has 0 aromatic carbocycles. The lowest BCUT2D eigenvalue weighted by atomic mass is 10.7. The van der Waals surface area contributed by atoms with E-state index in [9.17, 15) is 22.4 Å². The molecule has 0 bridgehead atoms. The summed E-state index contributed by atoms with van der Waals surface area (Å²) in [5, 5.41) is 0. The second-order valence-electron chi connectivity index (χ2n) is 1.42. The van der Waals surface area contributed by atoms with E-state index in [0.717, 1.165) is 7.11 Å². The number of hydrogen-bond donors (Lipinski definition) is 0. The first-order valence-corrected chi connectivity index (χ1v) is 2.33. The van der Waals surface area contributed by atoms with Gasteiger partial charge in [-0.3, -0.25) is 0 Å². The lowest BCUT2D eigenvalue weighted by molar-refractivity contribution is -0.276. The Hall–Kier alpha value is -1.01. The van der Waals surface area contributed by atoms with Crippen molar-refractivity contribution in [3.8, 4) is 0 Å². The fourth-order valence-electron chi connectivity index (χ4n) is 0.197. The molecule has 0 N–H and O–H groups in total. The molecule has 0 rings (SSSR count). The first kappa shape index (κ1) is 9.99. The predicted octanol–water partition coefficient (Wildman–Crippen LogP) is 1.63. The molecule has 0 amide bonds. The van der Waals surface area contributed by atoms with E-state index in [1.165, 1.54) is 0 Å². The highest BCUT2D eigenvalue weighted by atomic mass is 19.3. The summed E-state index contributed by atoms with van der Waals surface area (Å²) in [6, 6.07) is 0. The van der Waals surface area contributed by atoms with Crippen LogP contribution >= 0.6 is 0 Å². The van der Waals surface area contributed by atoms with Gasteiger partial charge in [0.25, 0.3) is 0 Å². The van der Waals surface area contributed by atoms with Gasteiger partial charge in [0.05, 0.1) is 7.11 Å². The Labute approximate surface area is 58.9 Å². The zero-order chi connectivity index (χ0) is 9.07. The third kappa shape index (κ3) is 3.06. The Morgan fingerprint density at radius 1 is 1.45 bits per heavy atom. The van der Waals surface area contributed by atoms with Crippen molar-refractivity contribution in [2.75, 3.05) is 7.11 Å². The molecule has 11 heavy (non-hydrogen) atoms. The second kappa shape index (κ2) is 3.40. The molecule has 0 aliphatic heterocycles. The maximum absolute atomic E-state index is 11.7. The molecule has 0 aromatic heterocycles. The van der Waals surface area contributed by atoms with Crippen LogP contribution in [0.3, 0.4) is 0 Å². The number of ether oxygens (including phenoxy) is 2. The van der Waals surface area contributed by atoms with Crippen LogP contribution in [-0.4, -0.2) is 25.8 Å². The number of halogens is 4. The Bertz CT molecular complexity index is 146. The van der Waals surface area contributed by atoms with Crippen LogP contribution in [0, 0.1) is 0 Å². The van der Waals surface area contributed by atoms with Gasteiger partial charge >= 0.3 is 18.7 Å². The van der Waals surface area contributed by atoms with Gasteiger partial charge in [0.1, 0.15) is 0 Å². The van der Waals surface area contributed by atoms with Crippen LogP contribution in [0.2, 0.25) is 0 Å². The van der Waals surface area contributed by atoms with Crippen LogP contribution in [-0.2, 0) is 9.47 Å². The summed E-state index contributed by atoms with van der Waals surface area (Å²) in [6.07, 6.45) is -10.7. The zero-order valence-electron chi connectivity index (χ0n) is 5.31. The monoisotopic (exact) mass is 176 g/mol. The molecule has 0 aliphatic carbocycles. The molecule has 0 atom stereocenters. The van der Waals surface area contributed by atoms with Gasteiger partial charge in [0, 0.05) is 0 Å². The lowest BCUT2D eigenvalue weighted by Gasteiger charge is -2.13. The molecule has 0 saturated carbocycles. The molecule has 66 valence electrons. The summed E-state index contributed by atoms with van der Waals surface area (Å²) in [7, 11) is 0.726. The van der Waals surface area contributed by atoms with E-state index < -0.39 is 18.7 Å². The van der Waals surface area contributed by atoms with Crippen molar-refractivity contribution in [2.24, 2.45) is 0 Å². The van der Waals surface area contributed by atoms with Gasteiger partial charge in [-0.2, -0.15) is 17.6 Å². The Morgan fingerprint density at radius 2 is 1.91 bits per heavy atom. The Balaban J connectivity index is 4.01. The molecule has 0 fully saturated rings. The highest BCUT2D eigenvalue weighted by Gasteiger charge is 2.46. The Kier molecular flexibility index (Phi) is 3.09. The van der Waals surface area contributed by atoms with E-state index >= 15 is 0 Å². The van der Waals surface area contributed by atoms with Crippen molar-refractivity contribution < 1.29 is 31.8 Å². The van der Waals surface area contributed by atoms with E-state index in [1.54, 1.807) is 0 Å². The number of carbonyl (C=O) groups excluding carboxylic acids is 1. The van der Waals surface area contributed by atoms with Crippen molar-refractivity contribution in [1.29, 1.82) is 0 Å². The van der Waals surface area contributed by atoms with Crippen LogP contribution in [0.1, 0.15) is 0 Å². The number of hydrogen-bond acceptors (Lipinski definition) is 3. The van der Waals surface area contributed by atoms with Gasteiger partial charge < -0.3 is 9.47 Å². The maximum Gasteiger partial charge on any atom is 0.512 e. The minimum absolute atomic E-state index is 0.726. The van der Waals surface area contributed by atoms with Crippen LogP contribution < -0.4 is 0 Å². The number of alkyl halides is 4. The van der Waals surface area contributed by atoms with Gasteiger partial charge in [0.15, 0.2) is 0 Å². The predicted molar refractivity (Wildman–Crippen MR) is 24.4 cm³/mol. The van der Waals surface area contributed by atoms with Crippen LogP contribution in [0.25, 0.3) is 0 Å². The summed E-state index contributed by atoms with van der Waals surface area (Å²) in [6.45, 7) is 0. The fourth-order valence-corrected chi connectivity index (χ4v) is 0.197. The summed E-state index contributed by atoms with van der Waals surface area (Å²) in [5.41, 5.74) is 0. The first-order valence-electron chi connectivity index (χ1n) is 2.33. The zero-order valence-corrected chi connectivity index (χ0v) is 5.31. The van der Waals surface area contributed by atoms with Crippen molar-refractivity contribution >= 4 is 6.16 Å². The molecule has 0 spiro atoms. The van der Waals surface area contributed by atoms with E-state index in [2.05, 4.69) is 9.47 Å². The number of carbonyl (C=O) groups is 1. The third-order valence-corrected chi connectivity index (χ3v) is 0.640. The second-order valence-corrected chi connectivity index (χ2v) is 1.42. The molecule has 0 aliphatic rings. The van der Waals surface area contributed by atoms with Gasteiger partial charge in [-0.1, -0.05) is 0 Å².